The molecule has 1 aliphatic carbocycles. The first-order valence-electron chi connectivity index (χ1n) is 7.14. The van der Waals surface area contributed by atoms with Crippen molar-refractivity contribution in [3.63, 3.8) is 0 Å². The smallest absolute Gasteiger partial charge is 0.139 e. The summed E-state index contributed by atoms with van der Waals surface area (Å²) in [5.41, 5.74) is 1.87. The third kappa shape index (κ3) is 2.46. The molecule has 0 radical (unpaired) electrons. The molecular formula is C16H21N3. The largest absolute Gasteiger partial charge is 0.366 e. The van der Waals surface area contributed by atoms with Gasteiger partial charge in [-0.3, -0.25) is 4.90 Å². The summed E-state index contributed by atoms with van der Waals surface area (Å²) in [4.78, 5) is 2.51. The Balaban J connectivity index is 1.79. The summed E-state index contributed by atoms with van der Waals surface area (Å²) in [5, 5.41) is 13.1. The van der Waals surface area contributed by atoms with Gasteiger partial charge in [0.25, 0.3) is 0 Å². The van der Waals surface area contributed by atoms with E-state index in [0.29, 0.717) is 6.04 Å². The van der Waals surface area contributed by atoms with Crippen molar-refractivity contribution in [3.05, 3.63) is 29.8 Å². The Kier molecular flexibility index (Phi) is 2.99. The van der Waals surface area contributed by atoms with E-state index in [2.05, 4.69) is 48.3 Å². The molecule has 3 rings (SSSR count). The topological polar surface area (TPSA) is 39.1 Å². The fourth-order valence-corrected chi connectivity index (χ4v) is 3.25. The van der Waals surface area contributed by atoms with Gasteiger partial charge < -0.3 is 5.32 Å². The van der Waals surface area contributed by atoms with Crippen LogP contribution in [0.3, 0.4) is 0 Å². The molecule has 1 saturated carbocycles. The van der Waals surface area contributed by atoms with E-state index in [0.717, 1.165) is 24.7 Å². The van der Waals surface area contributed by atoms with Crippen molar-refractivity contribution in [2.45, 2.75) is 50.7 Å². The lowest BCUT2D eigenvalue weighted by molar-refractivity contribution is 0.255. The minimum absolute atomic E-state index is 0.421. The molecule has 0 spiro atoms. The van der Waals surface area contributed by atoms with Crippen molar-refractivity contribution < 1.29 is 0 Å². The van der Waals surface area contributed by atoms with Crippen LogP contribution in [0, 0.1) is 18.3 Å². The number of aryl methyl sites for hydroxylation is 1. The van der Waals surface area contributed by atoms with Gasteiger partial charge >= 0.3 is 0 Å². The molecule has 1 saturated heterocycles. The van der Waals surface area contributed by atoms with Gasteiger partial charge in [-0.25, -0.2) is 0 Å². The van der Waals surface area contributed by atoms with Gasteiger partial charge in [0.1, 0.15) is 5.54 Å². The molecule has 1 aromatic carbocycles. The third-order valence-corrected chi connectivity index (χ3v) is 4.29. The van der Waals surface area contributed by atoms with E-state index < -0.39 is 5.54 Å². The van der Waals surface area contributed by atoms with Crippen LogP contribution in [0.15, 0.2) is 24.3 Å². The minimum Gasteiger partial charge on any atom is -0.366 e. The third-order valence-electron chi connectivity index (χ3n) is 4.29. The Hall–Kier alpha value is -1.53. The highest BCUT2D eigenvalue weighted by atomic mass is 15.3. The van der Waals surface area contributed by atoms with Gasteiger partial charge in [0.05, 0.1) is 6.07 Å². The van der Waals surface area contributed by atoms with Crippen LogP contribution in [0.4, 0.5) is 5.69 Å². The summed E-state index contributed by atoms with van der Waals surface area (Å²) in [5.74, 6) is 0. The summed E-state index contributed by atoms with van der Waals surface area (Å²) in [6, 6.07) is 12.1. The fourth-order valence-electron chi connectivity index (χ4n) is 3.25. The lowest BCUT2D eigenvalue weighted by Gasteiger charge is -2.25. The number of hydrogen-bond acceptors (Lipinski definition) is 3. The molecule has 1 heterocycles. The molecule has 0 aromatic heterocycles. The van der Waals surface area contributed by atoms with Crippen LogP contribution in [-0.4, -0.2) is 29.1 Å². The molecule has 1 aliphatic heterocycles. The Morgan fingerprint density at radius 3 is 2.84 bits per heavy atom. The maximum absolute atomic E-state index is 9.65. The normalized spacial score (nSPS) is 31.1. The summed E-state index contributed by atoms with van der Waals surface area (Å²) >= 11 is 0. The molecule has 3 nitrogen and oxygen atoms in total. The molecule has 19 heavy (non-hydrogen) atoms. The van der Waals surface area contributed by atoms with Gasteiger partial charge in [-0.2, -0.15) is 5.26 Å². The number of rotatable bonds is 3. The van der Waals surface area contributed by atoms with Crippen LogP contribution in [0.1, 0.15) is 31.7 Å². The molecule has 3 heteroatoms. The van der Waals surface area contributed by atoms with E-state index in [1.807, 2.05) is 6.07 Å². The molecule has 1 N–H and O–H groups in total. The van der Waals surface area contributed by atoms with E-state index in [9.17, 15) is 5.26 Å². The van der Waals surface area contributed by atoms with Crippen LogP contribution in [0.2, 0.25) is 0 Å². The highest BCUT2D eigenvalue weighted by Crippen LogP contribution is 2.38. The SMILES string of the molecule is Cc1cccc(NC2(C#N)CC(C)N(C3CC3)C2)c1. The van der Waals surface area contributed by atoms with Crippen LogP contribution >= 0.6 is 0 Å². The molecule has 2 fully saturated rings. The first kappa shape index (κ1) is 12.5. The number of benzene rings is 1. The first-order valence-corrected chi connectivity index (χ1v) is 7.14. The predicted molar refractivity (Wildman–Crippen MR) is 77.0 cm³/mol. The Bertz CT molecular complexity index is 515. The zero-order valence-electron chi connectivity index (χ0n) is 11.7. The molecule has 2 aliphatic rings. The summed E-state index contributed by atoms with van der Waals surface area (Å²) in [6.45, 7) is 5.18. The van der Waals surface area contributed by atoms with Gasteiger partial charge in [0.15, 0.2) is 0 Å². The van der Waals surface area contributed by atoms with Gasteiger partial charge in [0, 0.05) is 30.7 Å². The Labute approximate surface area is 115 Å². The zero-order chi connectivity index (χ0) is 13.5. The highest BCUT2D eigenvalue weighted by Gasteiger charge is 2.47. The quantitative estimate of drug-likeness (QED) is 0.902. The summed E-state index contributed by atoms with van der Waals surface area (Å²) < 4.78 is 0. The van der Waals surface area contributed by atoms with Crippen LogP contribution in [0.25, 0.3) is 0 Å². The highest BCUT2D eigenvalue weighted by molar-refractivity contribution is 5.50. The van der Waals surface area contributed by atoms with Gasteiger partial charge in [0.2, 0.25) is 0 Å². The average molecular weight is 255 g/mol. The number of nitrogens with one attached hydrogen (secondary N) is 1. The Morgan fingerprint density at radius 1 is 1.42 bits per heavy atom. The van der Waals surface area contributed by atoms with Crippen molar-refractivity contribution >= 4 is 5.69 Å². The van der Waals surface area contributed by atoms with E-state index in [4.69, 9.17) is 0 Å². The van der Waals surface area contributed by atoms with Crippen molar-refractivity contribution in [1.82, 2.24) is 4.90 Å². The van der Waals surface area contributed by atoms with Crippen molar-refractivity contribution in [1.29, 1.82) is 5.26 Å². The van der Waals surface area contributed by atoms with Crippen molar-refractivity contribution in [2.24, 2.45) is 0 Å². The fraction of sp³-hybridized carbons (Fsp3) is 0.562. The first-order chi connectivity index (χ1) is 9.12. The van der Waals surface area contributed by atoms with Gasteiger partial charge in [-0.15, -0.1) is 0 Å². The minimum atomic E-state index is -0.421. The average Bonchev–Trinajstić information content (AvgIpc) is 3.15. The van der Waals surface area contributed by atoms with Crippen molar-refractivity contribution in [3.8, 4) is 6.07 Å². The predicted octanol–water partition coefficient (Wildman–Crippen LogP) is 2.93. The molecule has 2 unspecified atom stereocenters. The molecular weight excluding hydrogens is 234 g/mol. The van der Waals surface area contributed by atoms with E-state index in [1.165, 1.54) is 18.4 Å². The summed E-state index contributed by atoms with van der Waals surface area (Å²) in [6.07, 6.45) is 3.51. The van der Waals surface area contributed by atoms with Crippen molar-refractivity contribution in [2.75, 3.05) is 11.9 Å². The standard InChI is InChI=1S/C16H21N3/c1-12-4-3-5-14(8-12)18-16(10-17)9-13(2)19(11-16)15-6-7-15/h3-5,8,13,15,18H,6-7,9,11H2,1-2H3. The van der Waals surface area contributed by atoms with E-state index in [-0.39, 0.29) is 0 Å². The van der Waals surface area contributed by atoms with E-state index >= 15 is 0 Å². The monoisotopic (exact) mass is 255 g/mol. The maximum atomic E-state index is 9.65. The second kappa shape index (κ2) is 4.54. The summed E-state index contributed by atoms with van der Waals surface area (Å²) in [7, 11) is 0. The second-order valence-electron chi connectivity index (χ2n) is 6.15. The number of anilines is 1. The van der Waals surface area contributed by atoms with Crippen LogP contribution < -0.4 is 5.32 Å². The Morgan fingerprint density at radius 2 is 2.21 bits per heavy atom. The molecule has 1 aromatic rings. The molecule has 0 amide bonds. The second-order valence-corrected chi connectivity index (χ2v) is 6.15. The van der Waals surface area contributed by atoms with Gasteiger partial charge in [-0.05, 0) is 44.4 Å². The number of nitrogens with zero attached hydrogens (tertiary/aromatic N) is 2. The van der Waals surface area contributed by atoms with Gasteiger partial charge in [-0.1, -0.05) is 12.1 Å². The molecule has 100 valence electrons. The van der Waals surface area contributed by atoms with Crippen LogP contribution in [0.5, 0.6) is 0 Å². The maximum Gasteiger partial charge on any atom is 0.139 e. The van der Waals surface area contributed by atoms with E-state index in [1.54, 1.807) is 0 Å². The zero-order valence-corrected chi connectivity index (χ0v) is 11.7. The molecule has 2 atom stereocenters. The number of likely N-dealkylation sites (tertiary alicyclic amines) is 1. The number of hydrogen-bond donors (Lipinski definition) is 1. The lowest BCUT2D eigenvalue weighted by Crippen LogP contribution is -2.40. The molecule has 0 bridgehead atoms. The number of nitriles is 1. The van der Waals surface area contributed by atoms with Crippen LogP contribution in [-0.2, 0) is 0 Å². The lowest BCUT2D eigenvalue weighted by atomic mass is 9.97.